The Hall–Kier alpha value is -1.46. The molecule has 5 heteroatoms. The maximum Gasteiger partial charge on any atom is 0.246 e. The molecule has 1 aliphatic rings. The molecular weight excluding hydrogens is 235 g/mol. The molecule has 1 atom stereocenters. The molecule has 1 aromatic rings. The molecule has 98 valence electrons. The minimum absolute atomic E-state index is 0.178. The molecule has 1 saturated heterocycles. The Morgan fingerprint density at radius 3 is 2.89 bits per heavy atom. The Balaban J connectivity index is 2.29. The lowest BCUT2D eigenvalue weighted by molar-refractivity contribution is -0.123. The third-order valence-electron chi connectivity index (χ3n) is 3.27. The molecule has 1 heterocycles. The van der Waals surface area contributed by atoms with Crippen molar-refractivity contribution in [2.24, 2.45) is 0 Å². The van der Waals surface area contributed by atoms with E-state index in [0.717, 1.165) is 13.0 Å². The number of aliphatic hydroxyl groups is 1. The van der Waals surface area contributed by atoms with Gasteiger partial charge in [-0.2, -0.15) is 0 Å². The molecule has 0 spiro atoms. The first-order chi connectivity index (χ1) is 8.63. The number of rotatable bonds is 2. The van der Waals surface area contributed by atoms with Gasteiger partial charge in [0.2, 0.25) is 5.91 Å². The fraction of sp³-hybridized carbons (Fsp3) is 0.462. The quantitative estimate of drug-likeness (QED) is 0.849. The van der Waals surface area contributed by atoms with E-state index >= 15 is 0 Å². The highest BCUT2D eigenvalue weighted by atomic mass is 19.1. The van der Waals surface area contributed by atoms with Crippen molar-refractivity contribution in [3.63, 3.8) is 0 Å². The summed E-state index contributed by atoms with van der Waals surface area (Å²) in [6.07, 6.45) is 0.801. The maximum atomic E-state index is 13.2. The number of halogens is 1. The van der Waals surface area contributed by atoms with Gasteiger partial charge in [-0.05, 0) is 31.7 Å². The first kappa shape index (κ1) is 13.0. The van der Waals surface area contributed by atoms with Crippen LogP contribution in [0.25, 0.3) is 0 Å². The van der Waals surface area contributed by atoms with Crippen molar-refractivity contribution < 1.29 is 14.3 Å². The van der Waals surface area contributed by atoms with Crippen molar-refractivity contribution in [2.45, 2.75) is 12.5 Å². The van der Waals surface area contributed by atoms with Gasteiger partial charge in [0.15, 0.2) is 0 Å². The van der Waals surface area contributed by atoms with Gasteiger partial charge < -0.3 is 10.0 Å². The zero-order valence-corrected chi connectivity index (χ0v) is 10.3. The third-order valence-corrected chi connectivity index (χ3v) is 3.27. The Kier molecular flexibility index (Phi) is 3.93. The summed E-state index contributed by atoms with van der Waals surface area (Å²) < 4.78 is 13.2. The molecule has 4 nitrogen and oxygen atoms in total. The Labute approximate surface area is 106 Å². The Bertz CT molecular complexity index is 439. The van der Waals surface area contributed by atoms with Crippen molar-refractivity contribution in [2.75, 3.05) is 31.6 Å². The number of anilines is 1. The molecule has 1 amide bonds. The van der Waals surface area contributed by atoms with E-state index in [1.165, 1.54) is 12.1 Å². The van der Waals surface area contributed by atoms with Gasteiger partial charge in [-0.15, -0.1) is 0 Å². The summed E-state index contributed by atoms with van der Waals surface area (Å²) in [6.45, 7) is 1.06. The fourth-order valence-electron chi connectivity index (χ4n) is 2.23. The zero-order chi connectivity index (χ0) is 13.1. The summed E-state index contributed by atoms with van der Waals surface area (Å²) in [5, 5.41) is 9.31. The van der Waals surface area contributed by atoms with E-state index in [1.54, 1.807) is 17.0 Å². The highest BCUT2D eigenvalue weighted by Crippen LogP contribution is 2.20. The zero-order valence-electron chi connectivity index (χ0n) is 10.3. The molecule has 0 radical (unpaired) electrons. The standard InChI is InChI=1S/C13H17FN2O2/c1-15-6-3-7-16(13(18)12(15)9-17)11-5-2-4-10(14)8-11/h2,4-5,8,12,17H,3,6-7,9H2,1H3. The summed E-state index contributed by atoms with van der Waals surface area (Å²) >= 11 is 0. The summed E-state index contributed by atoms with van der Waals surface area (Å²) in [7, 11) is 1.81. The van der Waals surface area contributed by atoms with Gasteiger partial charge in [-0.1, -0.05) is 6.07 Å². The van der Waals surface area contributed by atoms with E-state index in [-0.39, 0.29) is 18.3 Å². The van der Waals surface area contributed by atoms with Crippen LogP contribution in [0, 0.1) is 5.82 Å². The van der Waals surface area contributed by atoms with Gasteiger partial charge in [0.25, 0.3) is 0 Å². The monoisotopic (exact) mass is 252 g/mol. The number of carbonyl (C=O) groups excluding carboxylic acids is 1. The number of nitrogens with zero attached hydrogens (tertiary/aromatic N) is 2. The van der Waals surface area contributed by atoms with Crippen molar-refractivity contribution in [1.82, 2.24) is 4.90 Å². The molecule has 18 heavy (non-hydrogen) atoms. The van der Waals surface area contributed by atoms with Crippen molar-refractivity contribution >= 4 is 11.6 Å². The molecule has 1 N–H and O–H groups in total. The van der Waals surface area contributed by atoms with Gasteiger partial charge >= 0.3 is 0 Å². The maximum absolute atomic E-state index is 13.2. The van der Waals surface area contributed by atoms with Crippen molar-refractivity contribution in [3.05, 3.63) is 30.1 Å². The number of hydrogen-bond acceptors (Lipinski definition) is 3. The minimum Gasteiger partial charge on any atom is -0.394 e. The smallest absolute Gasteiger partial charge is 0.246 e. The lowest BCUT2D eigenvalue weighted by Crippen LogP contribution is -2.46. The second-order valence-electron chi connectivity index (χ2n) is 4.50. The first-order valence-corrected chi connectivity index (χ1v) is 6.01. The van der Waals surface area contributed by atoms with E-state index in [2.05, 4.69) is 0 Å². The average Bonchev–Trinajstić information content (AvgIpc) is 2.48. The van der Waals surface area contributed by atoms with Crippen LogP contribution in [0.15, 0.2) is 24.3 Å². The molecule has 1 aromatic carbocycles. The van der Waals surface area contributed by atoms with Crippen LogP contribution in [0.5, 0.6) is 0 Å². The molecule has 0 bridgehead atoms. The second kappa shape index (κ2) is 5.46. The number of amides is 1. The first-order valence-electron chi connectivity index (χ1n) is 6.01. The van der Waals surface area contributed by atoms with Gasteiger partial charge in [0.1, 0.15) is 11.9 Å². The second-order valence-corrected chi connectivity index (χ2v) is 4.50. The summed E-state index contributed by atoms with van der Waals surface area (Å²) in [5.41, 5.74) is 0.550. The molecule has 0 aliphatic carbocycles. The van der Waals surface area contributed by atoms with Crippen molar-refractivity contribution in [3.8, 4) is 0 Å². The lowest BCUT2D eigenvalue weighted by atomic mass is 10.2. The van der Waals surface area contributed by atoms with E-state index in [1.807, 2.05) is 11.9 Å². The molecule has 0 aromatic heterocycles. The number of benzene rings is 1. The summed E-state index contributed by atoms with van der Waals surface area (Å²) in [4.78, 5) is 15.7. The topological polar surface area (TPSA) is 43.8 Å². The van der Waals surface area contributed by atoms with Crippen LogP contribution >= 0.6 is 0 Å². The van der Waals surface area contributed by atoms with Gasteiger partial charge in [0.05, 0.1) is 6.61 Å². The fourth-order valence-corrected chi connectivity index (χ4v) is 2.23. The van der Waals surface area contributed by atoms with Crippen molar-refractivity contribution in [1.29, 1.82) is 0 Å². The number of carbonyl (C=O) groups is 1. The molecule has 1 fully saturated rings. The van der Waals surface area contributed by atoms with Gasteiger partial charge in [-0.3, -0.25) is 9.69 Å². The highest BCUT2D eigenvalue weighted by molar-refractivity contribution is 5.97. The number of likely N-dealkylation sites (N-methyl/N-ethyl adjacent to an activating group) is 1. The molecule has 1 unspecified atom stereocenters. The number of aliphatic hydroxyl groups excluding tert-OH is 1. The van der Waals surface area contributed by atoms with Crippen LogP contribution in [-0.4, -0.2) is 48.7 Å². The Morgan fingerprint density at radius 1 is 1.44 bits per heavy atom. The van der Waals surface area contributed by atoms with Crippen LogP contribution < -0.4 is 4.90 Å². The van der Waals surface area contributed by atoms with E-state index in [0.29, 0.717) is 12.2 Å². The minimum atomic E-state index is -0.546. The van der Waals surface area contributed by atoms with Crippen LogP contribution in [0.4, 0.5) is 10.1 Å². The predicted octanol–water partition coefficient (Wildman–Crippen LogP) is 0.855. The Morgan fingerprint density at radius 2 is 2.22 bits per heavy atom. The largest absolute Gasteiger partial charge is 0.394 e. The predicted molar refractivity (Wildman–Crippen MR) is 66.9 cm³/mol. The molecule has 2 rings (SSSR count). The molecular formula is C13H17FN2O2. The molecule has 0 saturated carbocycles. The van der Waals surface area contributed by atoms with Gasteiger partial charge in [0, 0.05) is 18.8 Å². The van der Waals surface area contributed by atoms with E-state index in [4.69, 9.17) is 0 Å². The third kappa shape index (κ3) is 2.52. The van der Waals surface area contributed by atoms with Gasteiger partial charge in [-0.25, -0.2) is 4.39 Å². The number of hydrogen-bond donors (Lipinski definition) is 1. The summed E-state index contributed by atoms with van der Waals surface area (Å²) in [6, 6.07) is 5.44. The average molecular weight is 252 g/mol. The molecule has 1 aliphatic heterocycles. The lowest BCUT2D eigenvalue weighted by Gasteiger charge is -2.26. The summed E-state index contributed by atoms with van der Waals surface area (Å²) in [5.74, 6) is -0.540. The van der Waals surface area contributed by atoms with Crippen LogP contribution in [0.1, 0.15) is 6.42 Å². The van der Waals surface area contributed by atoms with E-state index in [9.17, 15) is 14.3 Å². The SMILES string of the molecule is CN1CCCN(c2cccc(F)c2)C(=O)C1CO. The van der Waals surface area contributed by atoms with Crippen LogP contribution in [-0.2, 0) is 4.79 Å². The normalized spacial score (nSPS) is 22.1. The van der Waals surface area contributed by atoms with Crippen LogP contribution in [0.3, 0.4) is 0 Å². The van der Waals surface area contributed by atoms with E-state index < -0.39 is 6.04 Å². The van der Waals surface area contributed by atoms with Crippen LogP contribution in [0.2, 0.25) is 0 Å². The highest BCUT2D eigenvalue weighted by Gasteiger charge is 2.30.